The van der Waals surface area contributed by atoms with E-state index in [-0.39, 0.29) is 18.0 Å². The van der Waals surface area contributed by atoms with Gasteiger partial charge in [-0.3, -0.25) is 4.79 Å². The third-order valence-electron chi connectivity index (χ3n) is 3.38. The van der Waals surface area contributed by atoms with Crippen molar-refractivity contribution < 1.29 is 19.0 Å². The SMILES string of the molecule is COc1ccc([C@H]2CCC(=O)O[C@@H]2C)cc1OC. The van der Waals surface area contributed by atoms with Crippen LogP contribution in [0.3, 0.4) is 0 Å². The van der Waals surface area contributed by atoms with Crippen LogP contribution < -0.4 is 9.47 Å². The molecule has 0 bridgehead atoms. The third-order valence-corrected chi connectivity index (χ3v) is 3.38. The van der Waals surface area contributed by atoms with Gasteiger partial charge in [0, 0.05) is 12.3 Å². The standard InChI is InChI=1S/C14H18O4/c1-9-11(5-7-14(15)18-9)10-4-6-12(16-2)13(8-10)17-3/h4,6,8-9,11H,5,7H2,1-3H3/t9-,11+/m1/s1. The fraction of sp³-hybridized carbons (Fsp3) is 0.500. The molecule has 0 saturated carbocycles. The smallest absolute Gasteiger partial charge is 0.306 e. The number of carbonyl (C=O) groups excluding carboxylic acids is 1. The molecule has 0 aliphatic carbocycles. The molecule has 4 heteroatoms. The van der Waals surface area contributed by atoms with E-state index in [0.717, 1.165) is 12.0 Å². The van der Waals surface area contributed by atoms with E-state index in [1.54, 1.807) is 14.2 Å². The molecule has 0 unspecified atom stereocenters. The molecule has 1 fully saturated rings. The van der Waals surface area contributed by atoms with Crippen LogP contribution >= 0.6 is 0 Å². The first-order chi connectivity index (χ1) is 8.65. The molecular weight excluding hydrogens is 232 g/mol. The molecule has 0 N–H and O–H groups in total. The van der Waals surface area contributed by atoms with Gasteiger partial charge in [0.15, 0.2) is 11.5 Å². The Hall–Kier alpha value is -1.71. The lowest BCUT2D eigenvalue weighted by Crippen LogP contribution is -2.28. The maximum Gasteiger partial charge on any atom is 0.306 e. The average molecular weight is 250 g/mol. The van der Waals surface area contributed by atoms with Crippen molar-refractivity contribution in [2.75, 3.05) is 14.2 Å². The van der Waals surface area contributed by atoms with E-state index in [9.17, 15) is 4.79 Å². The van der Waals surface area contributed by atoms with Crippen LogP contribution in [-0.2, 0) is 9.53 Å². The summed E-state index contributed by atoms with van der Waals surface area (Å²) < 4.78 is 15.8. The van der Waals surface area contributed by atoms with Crippen LogP contribution in [0.1, 0.15) is 31.2 Å². The molecule has 2 rings (SSSR count). The number of hydrogen-bond donors (Lipinski definition) is 0. The molecule has 4 nitrogen and oxygen atoms in total. The minimum Gasteiger partial charge on any atom is -0.493 e. The Labute approximate surface area is 107 Å². The van der Waals surface area contributed by atoms with Crippen LogP contribution in [0, 0.1) is 0 Å². The minimum atomic E-state index is -0.112. The molecule has 1 aromatic carbocycles. The monoisotopic (exact) mass is 250 g/mol. The second-order valence-corrected chi connectivity index (χ2v) is 4.45. The summed E-state index contributed by atoms with van der Waals surface area (Å²) in [6, 6.07) is 5.85. The molecule has 18 heavy (non-hydrogen) atoms. The lowest BCUT2D eigenvalue weighted by molar-refractivity contribution is -0.154. The fourth-order valence-corrected chi connectivity index (χ4v) is 2.38. The van der Waals surface area contributed by atoms with Gasteiger partial charge in [0.1, 0.15) is 6.10 Å². The molecule has 1 aromatic rings. The van der Waals surface area contributed by atoms with Gasteiger partial charge in [-0.1, -0.05) is 6.07 Å². The summed E-state index contributed by atoms with van der Waals surface area (Å²) >= 11 is 0. The van der Waals surface area contributed by atoms with Gasteiger partial charge in [0.05, 0.1) is 14.2 Å². The van der Waals surface area contributed by atoms with Gasteiger partial charge in [-0.2, -0.15) is 0 Å². The van der Waals surface area contributed by atoms with Gasteiger partial charge >= 0.3 is 5.97 Å². The number of ether oxygens (including phenoxy) is 3. The highest BCUT2D eigenvalue weighted by Gasteiger charge is 2.29. The van der Waals surface area contributed by atoms with E-state index in [1.165, 1.54) is 0 Å². The third kappa shape index (κ3) is 2.42. The van der Waals surface area contributed by atoms with Gasteiger partial charge in [-0.15, -0.1) is 0 Å². The number of esters is 1. The van der Waals surface area contributed by atoms with Gasteiger partial charge in [-0.05, 0) is 31.0 Å². The first-order valence-corrected chi connectivity index (χ1v) is 6.07. The quantitative estimate of drug-likeness (QED) is 0.773. The Morgan fingerprint density at radius 3 is 2.56 bits per heavy atom. The summed E-state index contributed by atoms with van der Waals surface area (Å²) in [4.78, 5) is 11.2. The first-order valence-electron chi connectivity index (χ1n) is 6.07. The van der Waals surface area contributed by atoms with Crippen molar-refractivity contribution in [1.82, 2.24) is 0 Å². The van der Waals surface area contributed by atoms with E-state index in [2.05, 4.69) is 0 Å². The summed E-state index contributed by atoms with van der Waals surface area (Å²) in [6.45, 7) is 1.93. The number of benzene rings is 1. The zero-order chi connectivity index (χ0) is 13.1. The van der Waals surface area contributed by atoms with Crippen molar-refractivity contribution in [3.05, 3.63) is 23.8 Å². The number of rotatable bonds is 3. The molecule has 1 heterocycles. The number of cyclic esters (lactones) is 1. The van der Waals surface area contributed by atoms with Gasteiger partial charge < -0.3 is 14.2 Å². The van der Waals surface area contributed by atoms with Crippen LogP contribution in [-0.4, -0.2) is 26.3 Å². The van der Waals surface area contributed by atoms with Crippen molar-refractivity contribution in [3.8, 4) is 11.5 Å². The second-order valence-electron chi connectivity index (χ2n) is 4.45. The lowest BCUT2D eigenvalue weighted by Gasteiger charge is -2.29. The van der Waals surface area contributed by atoms with E-state index < -0.39 is 0 Å². The zero-order valence-corrected chi connectivity index (χ0v) is 10.9. The predicted molar refractivity (Wildman–Crippen MR) is 67.1 cm³/mol. The van der Waals surface area contributed by atoms with Gasteiger partial charge in [0.2, 0.25) is 0 Å². The Kier molecular flexibility index (Phi) is 3.75. The molecule has 1 aliphatic heterocycles. The van der Waals surface area contributed by atoms with E-state index in [4.69, 9.17) is 14.2 Å². The highest BCUT2D eigenvalue weighted by molar-refractivity contribution is 5.70. The van der Waals surface area contributed by atoms with Gasteiger partial charge in [-0.25, -0.2) is 0 Å². The average Bonchev–Trinajstić information content (AvgIpc) is 2.38. The number of carbonyl (C=O) groups is 1. The molecule has 0 radical (unpaired) electrons. The molecule has 0 spiro atoms. The van der Waals surface area contributed by atoms with Crippen LogP contribution in [0.25, 0.3) is 0 Å². The maximum atomic E-state index is 11.2. The van der Waals surface area contributed by atoms with Crippen LogP contribution in [0.5, 0.6) is 11.5 Å². The van der Waals surface area contributed by atoms with E-state index >= 15 is 0 Å². The highest BCUT2D eigenvalue weighted by Crippen LogP contribution is 2.36. The topological polar surface area (TPSA) is 44.8 Å². The van der Waals surface area contributed by atoms with Gasteiger partial charge in [0.25, 0.3) is 0 Å². The largest absolute Gasteiger partial charge is 0.493 e. The Bertz CT molecular complexity index is 441. The minimum absolute atomic E-state index is 0.0932. The fourth-order valence-electron chi connectivity index (χ4n) is 2.38. The van der Waals surface area contributed by atoms with Crippen molar-refractivity contribution in [2.45, 2.75) is 31.8 Å². The van der Waals surface area contributed by atoms with Crippen molar-refractivity contribution >= 4 is 5.97 Å². The Morgan fingerprint density at radius 1 is 1.22 bits per heavy atom. The number of hydrogen-bond acceptors (Lipinski definition) is 4. The predicted octanol–water partition coefficient (Wildman–Crippen LogP) is 2.51. The molecule has 1 saturated heterocycles. The molecular formula is C14H18O4. The second kappa shape index (κ2) is 5.29. The zero-order valence-electron chi connectivity index (χ0n) is 10.9. The lowest BCUT2D eigenvalue weighted by atomic mass is 9.88. The van der Waals surface area contributed by atoms with Crippen molar-refractivity contribution in [3.63, 3.8) is 0 Å². The number of methoxy groups -OCH3 is 2. The summed E-state index contributed by atoms with van der Waals surface area (Å²) in [5, 5.41) is 0. The molecule has 0 amide bonds. The van der Waals surface area contributed by atoms with Crippen molar-refractivity contribution in [2.24, 2.45) is 0 Å². The molecule has 2 atom stereocenters. The molecule has 0 aromatic heterocycles. The normalized spacial score (nSPS) is 23.4. The maximum absolute atomic E-state index is 11.2. The Balaban J connectivity index is 2.25. The summed E-state index contributed by atoms with van der Waals surface area (Å²) in [5.41, 5.74) is 1.12. The summed E-state index contributed by atoms with van der Waals surface area (Å²) in [6.07, 6.45) is 1.20. The van der Waals surface area contributed by atoms with Crippen LogP contribution in [0.2, 0.25) is 0 Å². The van der Waals surface area contributed by atoms with Crippen molar-refractivity contribution in [1.29, 1.82) is 0 Å². The molecule has 1 aliphatic rings. The van der Waals surface area contributed by atoms with Crippen LogP contribution in [0.15, 0.2) is 18.2 Å². The van der Waals surface area contributed by atoms with E-state index in [0.29, 0.717) is 17.9 Å². The first kappa shape index (κ1) is 12.7. The summed E-state index contributed by atoms with van der Waals surface area (Å²) in [5.74, 6) is 1.53. The highest BCUT2D eigenvalue weighted by atomic mass is 16.5. The summed E-state index contributed by atoms with van der Waals surface area (Å²) in [7, 11) is 3.23. The Morgan fingerprint density at radius 2 is 1.94 bits per heavy atom. The van der Waals surface area contributed by atoms with E-state index in [1.807, 2.05) is 25.1 Å². The van der Waals surface area contributed by atoms with Crippen LogP contribution in [0.4, 0.5) is 0 Å². The molecule has 98 valence electrons.